The molecular weight excluding hydrogens is 228 g/mol. The number of carbonyl (C=O) groups is 1. The normalized spacial score (nSPS) is 30.6. The van der Waals surface area contributed by atoms with Crippen molar-refractivity contribution in [2.75, 3.05) is 6.61 Å². The molecule has 1 amide bonds. The van der Waals surface area contributed by atoms with E-state index in [1.54, 1.807) is 0 Å². The Morgan fingerprint density at radius 3 is 2.61 bits per heavy atom. The van der Waals surface area contributed by atoms with Crippen molar-refractivity contribution in [3.63, 3.8) is 0 Å². The standard InChI is InChI=1S/C14H26N2O2/c1-10(14(18)16-12-6-2-3-7-12)15-13-8-4-5-11(13)9-17/h10-13,15,17H,2-9H2,1H3,(H,16,18). The molecule has 0 radical (unpaired) electrons. The lowest BCUT2D eigenvalue weighted by atomic mass is 10.0. The number of aliphatic hydroxyl groups excluding tert-OH is 1. The highest BCUT2D eigenvalue weighted by molar-refractivity contribution is 5.81. The van der Waals surface area contributed by atoms with Crippen LogP contribution >= 0.6 is 0 Å². The van der Waals surface area contributed by atoms with Crippen LogP contribution < -0.4 is 10.6 Å². The minimum atomic E-state index is -0.150. The van der Waals surface area contributed by atoms with Crippen LogP contribution in [-0.4, -0.2) is 35.7 Å². The highest BCUT2D eigenvalue weighted by Gasteiger charge is 2.29. The van der Waals surface area contributed by atoms with Gasteiger partial charge in [0.25, 0.3) is 0 Å². The van der Waals surface area contributed by atoms with Gasteiger partial charge in [-0.05, 0) is 38.5 Å². The van der Waals surface area contributed by atoms with E-state index in [1.807, 2.05) is 6.92 Å². The number of hydrogen-bond donors (Lipinski definition) is 3. The van der Waals surface area contributed by atoms with Crippen molar-refractivity contribution >= 4 is 5.91 Å². The van der Waals surface area contributed by atoms with Crippen LogP contribution in [-0.2, 0) is 4.79 Å². The number of carbonyl (C=O) groups excluding carboxylic acids is 1. The molecule has 104 valence electrons. The molecule has 0 saturated heterocycles. The summed E-state index contributed by atoms with van der Waals surface area (Å²) < 4.78 is 0. The fourth-order valence-corrected chi connectivity index (χ4v) is 3.27. The molecule has 18 heavy (non-hydrogen) atoms. The average molecular weight is 254 g/mol. The van der Waals surface area contributed by atoms with Gasteiger partial charge in [-0.2, -0.15) is 0 Å². The maximum Gasteiger partial charge on any atom is 0.237 e. The molecular formula is C14H26N2O2. The van der Waals surface area contributed by atoms with E-state index in [0.717, 1.165) is 32.1 Å². The third-order valence-corrected chi connectivity index (χ3v) is 4.45. The molecule has 2 aliphatic carbocycles. The first-order valence-corrected chi connectivity index (χ1v) is 7.38. The van der Waals surface area contributed by atoms with Crippen LogP contribution in [0.1, 0.15) is 51.9 Å². The summed E-state index contributed by atoms with van der Waals surface area (Å²) in [6.07, 6.45) is 8.03. The topological polar surface area (TPSA) is 61.4 Å². The predicted octanol–water partition coefficient (Wildman–Crippen LogP) is 1.18. The van der Waals surface area contributed by atoms with Gasteiger partial charge in [0.15, 0.2) is 0 Å². The van der Waals surface area contributed by atoms with Gasteiger partial charge in [-0.25, -0.2) is 0 Å². The molecule has 3 atom stereocenters. The van der Waals surface area contributed by atoms with Gasteiger partial charge in [-0.1, -0.05) is 19.3 Å². The van der Waals surface area contributed by atoms with E-state index in [2.05, 4.69) is 10.6 Å². The molecule has 4 heteroatoms. The lowest BCUT2D eigenvalue weighted by Crippen LogP contribution is -2.50. The lowest BCUT2D eigenvalue weighted by Gasteiger charge is -2.24. The molecule has 2 rings (SSSR count). The fourth-order valence-electron chi connectivity index (χ4n) is 3.27. The minimum absolute atomic E-state index is 0.116. The molecule has 0 aromatic carbocycles. The molecule has 0 aromatic heterocycles. The van der Waals surface area contributed by atoms with E-state index in [9.17, 15) is 9.90 Å². The van der Waals surface area contributed by atoms with E-state index < -0.39 is 0 Å². The molecule has 3 N–H and O–H groups in total. The molecule has 0 aliphatic heterocycles. The van der Waals surface area contributed by atoms with Gasteiger partial charge >= 0.3 is 0 Å². The summed E-state index contributed by atoms with van der Waals surface area (Å²) in [5, 5.41) is 15.8. The van der Waals surface area contributed by atoms with Crippen LogP contribution in [0.5, 0.6) is 0 Å². The van der Waals surface area contributed by atoms with Crippen LogP contribution in [0.15, 0.2) is 0 Å². The quantitative estimate of drug-likeness (QED) is 0.690. The van der Waals surface area contributed by atoms with Crippen LogP contribution in [0.25, 0.3) is 0 Å². The highest BCUT2D eigenvalue weighted by Crippen LogP contribution is 2.25. The molecule has 2 fully saturated rings. The number of rotatable bonds is 5. The van der Waals surface area contributed by atoms with Crippen molar-refractivity contribution in [2.24, 2.45) is 5.92 Å². The Bertz CT molecular complexity index is 277. The van der Waals surface area contributed by atoms with Gasteiger partial charge in [-0.3, -0.25) is 4.79 Å². The minimum Gasteiger partial charge on any atom is -0.396 e. The van der Waals surface area contributed by atoms with Gasteiger partial charge in [0.1, 0.15) is 0 Å². The first-order chi connectivity index (χ1) is 8.70. The van der Waals surface area contributed by atoms with Crippen LogP contribution in [0.4, 0.5) is 0 Å². The van der Waals surface area contributed by atoms with Crippen molar-refractivity contribution in [1.29, 1.82) is 0 Å². The Morgan fingerprint density at radius 1 is 1.22 bits per heavy atom. The van der Waals surface area contributed by atoms with Crippen molar-refractivity contribution < 1.29 is 9.90 Å². The van der Waals surface area contributed by atoms with E-state index in [0.29, 0.717) is 18.0 Å². The van der Waals surface area contributed by atoms with Crippen molar-refractivity contribution in [2.45, 2.75) is 70.0 Å². The van der Waals surface area contributed by atoms with Crippen molar-refractivity contribution in [1.82, 2.24) is 10.6 Å². The Kier molecular flexibility index (Phi) is 5.01. The molecule has 0 spiro atoms. The zero-order valence-electron chi connectivity index (χ0n) is 11.3. The maximum absolute atomic E-state index is 12.0. The summed E-state index contributed by atoms with van der Waals surface area (Å²) in [6.45, 7) is 2.16. The second kappa shape index (κ2) is 6.53. The van der Waals surface area contributed by atoms with E-state index in [1.165, 1.54) is 12.8 Å². The zero-order chi connectivity index (χ0) is 13.0. The molecule has 0 aromatic rings. The Labute approximate surface area is 110 Å². The SMILES string of the molecule is CC(NC1CCCC1CO)C(=O)NC1CCCC1. The number of amides is 1. The summed E-state index contributed by atoms with van der Waals surface area (Å²) in [5.41, 5.74) is 0. The number of aliphatic hydroxyl groups is 1. The molecule has 0 heterocycles. The monoisotopic (exact) mass is 254 g/mol. The van der Waals surface area contributed by atoms with Gasteiger partial charge in [-0.15, -0.1) is 0 Å². The van der Waals surface area contributed by atoms with Gasteiger partial charge in [0, 0.05) is 18.7 Å². The highest BCUT2D eigenvalue weighted by atomic mass is 16.3. The van der Waals surface area contributed by atoms with Crippen LogP contribution in [0.3, 0.4) is 0 Å². The second-order valence-corrected chi connectivity index (χ2v) is 5.86. The lowest BCUT2D eigenvalue weighted by molar-refractivity contribution is -0.123. The zero-order valence-corrected chi connectivity index (χ0v) is 11.3. The summed E-state index contributed by atoms with van der Waals surface area (Å²) in [4.78, 5) is 12.0. The first kappa shape index (κ1) is 13.8. The molecule has 2 saturated carbocycles. The first-order valence-electron chi connectivity index (χ1n) is 7.38. The van der Waals surface area contributed by atoms with Crippen LogP contribution in [0.2, 0.25) is 0 Å². The van der Waals surface area contributed by atoms with Crippen molar-refractivity contribution in [3.8, 4) is 0 Å². The van der Waals surface area contributed by atoms with E-state index in [4.69, 9.17) is 0 Å². The smallest absolute Gasteiger partial charge is 0.237 e. The van der Waals surface area contributed by atoms with Crippen LogP contribution in [0, 0.1) is 5.92 Å². The summed E-state index contributed by atoms with van der Waals surface area (Å²) in [7, 11) is 0. The van der Waals surface area contributed by atoms with Crippen molar-refractivity contribution in [3.05, 3.63) is 0 Å². The third-order valence-electron chi connectivity index (χ3n) is 4.45. The Hall–Kier alpha value is -0.610. The molecule has 3 unspecified atom stereocenters. The number of hydrogen-bond acceptors (Lipinski definition) is 3. The molecule has 4 nitrogen and oxygen atoms in total. The predicted molar refractivity (Wildman–Crippen MR) is 71.2 cm³/mol. The van der Waals surface area contributed by atoms with E-state index >= 15 is 0 Å². The Balaban J connectivity index is 1.75. The average Bonchev–Trinajstić information content (AvgIpc) is 2.99. The number of nitrogens with one attached hydrogen (secondary N) is 2. The Morgan fingerprint density at radius 2 is 1.94 bits per heavy atom. The molecule has 2 aliphatic rings. The summed E-state index contributed by atoms with van der Waals surface area (Å²) in [5.74, 6) is 0.442. The fraction of sp³-hybridized carbons (Fsp3) is 0.929. The van der Waals surface area contributed by atoms with E-state index in [-0.39, 0.29) is 18.6 Å². The second-order valence-electron chi connectivity index (χ2n) is 5.86. The van der Waals surface area contributed by atoms with Gasteiger partial charge < -0.3 is 15.7 Å². The van der Waals surface area contributed by atoms with Gasteiger partial charge in [0.05, 0.1) is 6.04 Å². The summed E-state index contributed by atoms with van der Waals surface area (Å²) in [6, 6.07) is 0.543. The third kappa shape index (κ3) is 3.45. The largest absolute Gasteiger partial charge is 0.396 e. The van der Waals surface area contributed by atoms with Gasteiger partial charge in [0.2, 0.25) is 5.91 Å². The maximum atomic E-state index is 12.0. The molecule has 0 bridgehead atoms. The summed E-state index contributed by atoms with van der Waals surface area (Å²) >= 11 is 0.